The van der Waals surface area contributed by atoms with Crippen LogP contribution in [0, 0.1) is 0 Å². The van der Waals surface area contributed by atoms with Gasteiger partial charge in [-0.3, -0.25) is 0 Å². The van der Waals surface area contributed by atoms with Gasteiger partial charge < -0.3 is 79.1 Å². The van der Waals surface area contributed by atoms with Gasteiger partial charge in [0.1, 0.15) is 73.2 Å². The van der Waals surface area contributed by atoms with Crippen LogP contribution in [0.15, 0.2) is 0 Å². The molecule has 0 aliphatic carbocycles. The molecule has 3 saturated heterocycles. The Bertz CT molecular complexity index is 666. The lowest BCUT2D eigenvalue weighted by atomic mass is 9.96. The van der Waals surface area contributed by atoms with Crippen molar-refractivity contribution >= 4 is 0 Å². The highest BCUT2D eigenvalue weighted by Gasteiger charge is 2.53. The van der Waals surface area contributed by atoms with E-state index in [0.717, 1.165) is 0 Å². The summed E-state index contributed by atoms with van der Waals surface area (Å²) >= 11 is 0. The molecule has 15 atom stereocenters. The Morgan fingerprint density at radius 1 is 0.472 bits per heavy atom. The average Bonchev–Trinajstić information content (AvgIpc) is 2.88. The summed E-state index contributed by atoms with van der Waals surface area (Å²) in [5.41, 5.74) is 0. The smallest absolute Gasteiger partial charge is 0.187 e. The second-order valence-corrected chi connectivity index (χ2v) is 8.76. The second kappa shape index (κ2) is 12.9. The predicted octanol–water partition coefficient (Wildman–Crippen LogP) is -6.26. The quantitative estimate of drug-likeness (QED) is 0.134. The molecule has 16 nitrogen and oxygen atoms in total. The van der Waals surface area contributed by atoms with E-state index in [4.69, 9.17) is 33.2 Å². The van der Waals surface area contributed by atoms with Crippen molar-refractivity contribution in [3.8, 4) is 0 Å². The third-order valence-electron chi connectivity index (χ3n) is 6.55. The van der Waals surface area contributed by atoms with Crippen LogP contribution in [0.1, 0.15) is 0 Å². The van der Waals surface area contributed by atoms with E-state index in [-0.39, 0.29) is 0 Å². The first kappa shape index (κ1) is 29.9. The number of methoxy groups -OCH3 is 2. The Kier molecular flexibility index (Phi) is 10.8. The van der Waals surface area contributed by atoms with E-state index in [2.05, 4.69) is 0 Å². The maximum Gasteiger partial charge on any atom is 0.187 e. The van der Waals surface area contributed by atoms with E-state index in [1.54, 1.807) is 0 Å². The SMILES string of the molecule is CO[C@@H]1C(CO)O[C@@H](O[C@H]2C(CO)O[C@H](O[C@@H]3C(CO)O[C@@H](OC)[C@@H](O)C3O)[C@H](O)C2O)C(O)C1O. The lowest BCUT2D eigenvalue weighted by molar-refractivity contribution is -0.379. The zero-order chi connectivity index (χ0) is 26.7. The van der Waals surface area contributed by atoms with Gasteiger partial charge in [-0.2, -0.15) is 0 Å². The van der Waals surface area contributed by atoms with Crippen molar-refractivity contribution in [1.29, 1.82) is 0 Å². The van der Waals surface area contributed by atoms with Crippen LogP contribution < -0.4 is 0 Å². The molecule has 3 aliphatic heterocycles. The predicted molar refractivity (Wildman–Crippen MR) is 111 cm³/mol. The fraction of sp³-hybridized carbons (Fsp3) is 1.00. The normalized spacial score (nSPS) is 50.2. The summed E-state index contributed by atoms with van der Waals surface area (Å²) in [4.78, 5) is 0. The lowest BCUT2D eigenvalue weighted by Gasteiger charge is -2.48. The molecule has 3 aliphatic rings. The molecule has 0 amide bonds. The molecule has 0 spiro atoms. The fourth-order valence-electron chi connectivity index (χ4n) is 4.51. The van der Waals surface area contributed by atoms with Crippen LogP contribution in [-0.4, -0.2) is 172 Å². The van der Waals surface area contributed by atoms with Crippen molar-refractivity contribution in [3.63, 3.8) is 0 Å². The molecule has 0 aromatic carbocycles. The first-order chi connectivity index (χ1) is 17.1. The van der Waals surface area contributed by atoms with Crippen molar-refractivity contribution in [2.24, 2.45) is 0 Å². The number of ether oxygens (including phenoxy) is 7. The van der Waals surface area contributed by atoms with E-state index in [1.165, 1.54) is 14.2 Å². The van der Waals surface area contributed by atoms with E-state index < -0.39 is 112 Å². The van der Waals surface area contributed by atoms with Gasteiger partial charge in [0.25, 0.3) is 0 Å². The van der Waals surface area contributed by atoms with Crippen LogP contribution in [0.25, 0.3) is 0 Å². The van der Waals surface area contributed by atoms with Gasteiger partial charge in [-0.25, -0.2) is 0 Å². The van der Waals surface area contributed by atoms with Gasteiger partial charge in [0.15, 0.2) is 18.9 Å². The Labute approximate surface area is 206 Å². The zero-order valence-electron chi connectivity index (χ0n) is 19.7. The third kappa shape index (κ3) is 5.84. The van der Waals surface area contributed by atoms with Crippen LogP contribution in [0.2, 0.25) is 0 Å². The summed E-state index contributed by atoms with van der Waals surface area (Å²) in [6.45, 7) is -2.03. The van der Waals surface area contributed by atoms with Crippen LogP contribution in [0.4, 0.5) is 0 Å². The summed E-state index contributed by atoms with van der Waals surface area (Å²) in [5.74, 6) is 0. The van der Waals surface area contributed by atoms with Crippen molar-refractivity contribution in [3.05, 3.63) is 0 Å². The van der Waals surface area contributed by atoms with Crippen LogP contribution >= 0.6 is 0 Å². The van der Waals surface area contributed by atoms with Crippen molar-refractivity contribution in [1.82, 2.24) is 0 Å². The molecule has 0 saturated carbocycles. The Hall–Kier alpha value is -0.640. The van der Waals surface area contributed by atoms with Crippen molar-refractivity contribution in [2.45, 2.75) is 92.1 Å². The monoisotopic (exact) mass is 532 g/mol. The van der Waals surface area contributed by atoms with Crippen LogP contribution in [0.5, 0.6) is 0 Å². The van der Waals surface area contributed by atoms with E-state index >= 15 is 0 Å². The topological polar surface area (TPSA) is 247 Å². The standard InChI is InChI=1S/C20H36O16/c1-30-15-6(3-21)33-19(13(28)9(15)24)36-17-8(5-23)34-20(14(29)11(17)26)35-16-7(4-22)32-18(31-2)12(27)10(16)25/h6-29H,3-5H2,1-2H3/t6?,7?,8?,9?,10?,11?,12-,13?,14+,15+,16+,17-,18+,19-,20+/m0/s1. The largest absolute Gasteiger partial charge is 0.394 e. The molecule has 3 rings (SSSR count). The van der Waals surface area contributed by atoms with E-state index in [0.29, 0.717) is 0 Å². The molecule has 0 aromatic rings. The molecule has 7 unspecified atom stereocenters. The highest BCUT2D eigenvalue weighted by atomic mass is 16.8. The lowest BCUT2D eigenvalue weighted by Crippen LogP contribution is -2.66. The van der Waals surface area contributed by atoms with Gasteiger partial charge in [-0.15, -0.1) is 0 Å². The third-order valence-corrected chi connectivity index (χ3v) is 6.55. The van der Waals surface area contributed by atoms with Gasteiger partial charge >= 0.3 is 0 Å². The zero-order valence-corrected chi connectivity index (χ0v) is 19.7. The van der Waals surface area contributed by atoms with Crippen LogP contribution in [-0.2, 0) is 33.2 Å². The average molecular weight is 532 g/mol. The first-order valence-corrected chi connectivity index (χ1v) is 11.4. The van der Waals surface area contributed by atoms with Crippen LogP contribution in [0.3, 0.4) is 0 Å². The minimum absolute atomic E-state index is 0.596. The molecular weight excluding hydrogens is 496 g/mol. The minimum atomic E-state index is -1.85. The summed E-state index contributed by atoms with van der Waals surface area (Å²) in [5, 5.41) is 91.6. The number of hydrogen-bond acceptors (Lipinski definition) is 16. The summed E-state index contributed by atoms with van der Waals surface area (Å²) < 4.78 is 37.3. The maximum absolute atomic E-state index is 10.7. The fourth-order valence-corrected chi connectivity index (χ4v) is 4.51. The number of rotatable bonds is 9. The summed E-state index contributed by atoms with van der Waals surface area (Å²) in [6, 6.07) is 0. The molecular formula is C20H36O16. The second-order valence-electron chi connectivity index (χ2n) is 8.76. The molecule has 16 heteroatoms. The van der Waals surface area contributed by atoms with Crippen molar-refractivity contribution in [2.75, 3.05) is 34.0 Å². The molecule has 212 valence electrons. The van der Waals surface area contributed by atoms with Gasteiger partial charge in [0.05, 0.1) is 19.8 Å². The summed E-state index contributed by atoms with van der Waals surface area (Å²) in [6.07, 6.45) is -22.4. The van der Waals surface area contributed by atoms with Gasteiger partial charge in [0, 0.05) is 14.2 Å². The van der Waals surface area contributed by atoms with Gasteiger partial charge in [-0.05, 0) is 0 Å². The maximum atomic E-state index is 10.7. The van der Waals surface area contributed by atoms with E-state index in [9.17, 15) is 46.0 Å². The van der Waals surface area contributed by atoms with Crippen molar-refractivity contribution < 1.29 is 79.1 Å². The number of aliphatic hydroxyl groups is 9. The van der Waals surface area contributed by atoms with E-state index in [1.807, 2.05) is 0 Å². The molecule has 9 N–H and O–H groups in total. The molecule has 3 heterocycles. The highest BCUT2D eigenvalue weighted by molar-refractivity contribution is 4.96. The number of hydrogen-bond donors (Lipinski definition) is 9. The molecule has 0 bridgehead atoms. The van der Waals surface area contributed by atoms with Gasteiger partial charge in [-0.1, -0.05) is 0 Å². The molecule has 0 aromatic heterocycles. The molecule has 0 radical (unpaired) electrons. The van der Waals surface area contributed by atoms with Gasteiger partial charge in [0.2, 0.25) is 0 Å². The molecule has 3 fully saturated rings. The first-order valence-electron chi connectivity index (χ1n) is 11.4. The highest BCUT2D eigenvalue weighted by Crippen LogP contribution is 2.32. The summed E-state index contributed by atoms with van der Waals surface area (Å²) in [7, 11) is 2.46. The molecule has 36 heavy (non-hydrogen) atoms. The number of aliphatic hydroxyl groups excluding tert-OH is 9. The Morgan fingerprint density at radius 2 is 0.806 bits per heavy atom. The minimum Gasteiger partial charge on any atom is -0.394 e. The Morgan fingerprint density at radius 3 is 1.17 bits per heavy atom. The Balaban J connectivity index is 1.72.